The summed E-state index contributed by atoms with van der Waals surface area (Å²) in [6, 6.07) is 14.5. The first kappa shape index (κ1) is 18.4. The molecule has 0 aromatic heterocycles. The van der Waals surface area contributed by atoms with Gasteiger partial charge in [-0.25, -0.2) is 4.39 Å². The Morgan fingerprint density at radius 1 is 1.00 bits per heavy atom. The smallest absolute Gasteiger partial charge is 0.129 e. The number of halogens is 1. The number of para-hydroxylation sites is 1. The minimum absolute atomic E-state index is 0.228. The highest BCUT2D eigenvalue weighted by Gasteiger charge is 2.05. The van der Waals surface area contributed by atoms with Crippen molar-refractivity contribution in [3.63, 3.8) is 0 Å². The van der Waals surface area contributed by atoms with Crippen LogP contribution in [0.25, 0.3) is 0 Å². The Kier molecular flexibility index (Phi) is 7.72. The Labute approximate surface area is 143 Å². The summed E-state index contributed by atoms with van der Waals surface area (Å²) in [7, 11) is 0. The largest absolute Gasteiger partial charge is 0.488 e. The minimum atomic E-state index is -0.238. The molecule has 1 N–H and O–H groups in total. The van der Waals surface area contributed by atoms with E-state index in [1.807, 2.05) is 44.2 Å². The van der Waals surface area contributed by atoms with Crippen molar-refractivity contribution in [3.05, 3.63) is 65.5 Å². The molecule has 0 aliphatic heterocycles. The van der Waals surface area contributed by atoms with Gasteiger partial charge in [0.2, 0.25) is 0 Å². The molecule has 2 aromatic carbocycles. The summed E-state index contributed by atoms with van der Waals surface area (Å²) in [5.74, 6) is 0.546. The van der Waals surface area contributed by atoms with Gasteiger partial charge in [-0.3, -0.25) is 0 Å². The molecule has 0 saturated heterocycles. The van der Waals surface area contributed by atoms with E-state index in [1.54, 1.807) is 12.1 Å². The van der Waals surface area contributed by atoms with Crippen LogP contribution in [-0.4, -0.2) is 19.3 Å². The number of ether oxygens (including phenoxy) is 2. The maximum Gasteiger partial charge on any atom is 0.129 e. The van der Waals surface area contributed by atoms with Crippen LogP contribution in [0.5, 0.6) is 5.75 Å². The van der Waals surface area contributed by atoms with Crippen LogP contribution < -0.4 is 10.1 Å². The number of rotatable bonds is 10. The molecular formula is C20H26FNO2. The molecular weight excluding hydrogens is 305 g/mol. The van der Waals surface area contributed by atoms with Crippen LogP contribution in [0.2, 0.25) is 0 Å². The lowest BCUT2D eigenvalue weighted by Crippen LogP contribution is -2.18. The van der Waals surface area contributed by atoms with Crippen molar-refractivity contribution in [3.8, 4) is 5.75 Å². The highest BCUT2D eigenvalue weighted by molar-refractivity contribution is 5.33. The fourth-order valence-electron chi connectivity index (χ4n) is 2.30. The lowest BCUT2D eigenvalue weighted by Gasteiger charge is -2.13. The van der Waals surface area contributed by atoms with E-state index in [2.05, 4.69) is 5.32 Å². The predicted octanol–water partition coefficient (Wildman–Crippen LogP) is 4.31. The van der Waals surface area contributed by atoms with Gasteiger partial charge in [0.1, 0.15) is 18.2 Å². The van der Waals surface area contributed by atoms with Gasteiger partial charge in [0.05, 0.1) is 6.10 Å². The first-order chi connectivity index (χ1) is 11.7. The van der Waals surface area contributed by atoms with E-state index in [0.717, 1.165) is 37.4 Å². The zero-order valence-electron chi connectivity index (χ0n) is 14.4. The lowest BCUT2D eigenvalue weighted by atomic mass is 10.2. The van der Waals surface area contributed by atoms with Gasteiger partial charge in [0.15, 0.2) is 0 Å². The zero-order chi connectivity index (χ0) is 17.2. The van der Waals surface area contributed by atoms with E-state index in [4.69, 9.17) is 9.47 Å². The molecule has 0 fully saturated rings. The van der Waals surface area contributed by atoms with Crippen molar-refractivity contribution in [1.29, 1.82) is 0 Å². The standard InChI is InChI=1S/C20H26FNO2/c1-16(2)23-13-7-12-22-14-17-8-4-6-11-20(17)24-15-18-9-3-5-10-19(18)21/h3-6,8-11,16,22H,7,12-15H2,1-2H3. The highest BCUT2D eigenvalue weighted by atomic mass is 19.1. The van der Waals surface area contributed by atoms with Crippen LogP contribution in [0, 0.1) is 5.82 Å². The van der Waals surface area contributed by atoms with Gasteiger partial charge < -0.3 is 14.8 Å². The van der Waals surface area contributed by atoms with Crippen molar-refractivity contribution < 1.29 is 13.9 Å². The third-order valence-corrected chi connectivity index (χ3v) is 3.58. The monoisotopic (exact) mass is 331 g/mol. The fraction of sp³-hybridized carbons (Fsp3) is 0.400. The van der Waals surface area contributed by atoms with Crippen molar-refractivity contribution >= 4 is 0 Å². The van der Waals surface area contributed by atoms with Crippen molar-refractivity contribution in [2.45, 2.75) is 39.5 Å². The third kappa shape index (κ3) is 6.30. The van der Waals surface area contributed by atoms with E-state index in [-0.39, 0.29) is 18.5 Å². The predicted molar refractivity (Wildman–Crippen MR) is 94.6 cm³/mol. The zero-order valence-corrected chi connectivity index (χ0v) is 14.4. The number of hydrogen-bond acceptors (Lipinski definition) is 3. The van der Waals surface area contributed by atoms with Gasteiger partial charge >= 0.3 is 0 Å². The fourth-order valence-corrected chi connectivity index (χ4v) is 2.30. The molecule has 0 amide bonds. The molecule has 4 heteroatoms. The second-order valence-electron chi connectivity index (χ2n) is 5.94. The molecule has 130 valence electrons. The van der Waals surface area contributed by atoms with Crippen molar-refractivity contribution in [2.75, 3.05) is 13.2 Å². The van der Waals surface area contributed by atoms with E-state index in [1.165, 1.54) is 6.07 Å². The summed E-state index contributed by atoms with van der Waals surface area (Å²) < 4.78 is 25.0. The molecule has 0 aliphatic rings. The molecule has 0 heterocycles. The molecule has 24 heavy (non-hydrogen) atoms. The second kappa shape index (κ2) is 10.1. The third-order valence-electron chi connectivity index (χ3n) is 3.58. The Hall–Kier alpha value is -1.91. The summed E-state index contributed by atoms with van der Waals surface area (Å²) in [5.41, 5.74) is 1.63. The van der Waals surface area contributed by atoms with Crippen LogP contribution in [0.3, 0.4) is 0 Å². The van der Waals surface area contributed by atoms with Crippen LogP contribution in [0.15, 0.2) is 48.5 Å². The van der Waals surface area contributed by atoms with Gasteiger partial charge in [-0.1, -0.05) is 36.4 Å². The lowest BCUT2D eigenvalue weighted by molar-refractivity contribution is 0.0770. The maximum atomic E-state index is 13.7. The Balaban J connectivity index is 1.80. The normalized spacial score (nSPS) is 11.0. The first-order valence-electron chi connectivity index (χ1n) is 8.43. The Morgan fingerprint density at radius 3 is 2.46 bits per heavy atom. The molecule has 0 saturated carbocycles. The summed E-state index contributed by atoms with van der Waals surface area (Å²) in [5, 5.41) is 3.39. The highest BCUT2D eigenvalue weighted by Crippen LogP contribution is 2.20. The maximum absolute atomic E-state index is 13.7. The molecule has 2 rings (SSSR count). The van der Waals surface area contributed by atoms with Gasteiger partial charge in [0.25, 0.3) is 0 Å². The van der Waals surface area contributed by atoms with Crippen molar-refractivity contribution in [2.24, 2.45) is 0 Å². The quantitative estimate of drug-likeness (QED) is 0.658. The van der Waals surface area contributed by atoms with Crippen LogP contribution in [-0.2, 0) is 17.9 Å². The van der Waals surface area contributed by atoms with Crippen LogP contribution in [0.4, 0.5) is 4.39 Å². The topological polar surface area (TPSA) is 30.5 Å². The molecule has 2 aromatic rings. The molecule has 0 atom stereocenters. The molecule has 0 radical (unpaired) electrons. The van der Waals surface area contributed by atoms with Crippen LogP contribution >= 0.6 is 0 Å². The SMILES string of the molecule is CC(C)OCCCNCc1ccccc1OCc1ccccc1F. The minimum Gasteiger partial charge on any atom is -0.488 e. The van der Waals surface area contributed by atoms with Gasteiger partial charge in [0, 0.05) is 24.3 Å². The van der Waals surface area contributed by atoms with Gasteiger partial charge in [-0.15, -0.1) is 0 Å². The average molecular weight is 331 g/mol. The summed E-state index contributed by atoms with van der Waals surface area (Å²) in [4.78, 5) is 0. The summed E-state index contributed by atoms with van der Waals surface area (Å²) in [6.45, 7) is 6.67. The van der Waals surface area contributed by atoms with Crippen LogP contribution in [0.1, 0.15) is 31.4 Å². The number of nitrogens with one attached hydrogen (secondary N) is 1. The second-order valence-corrected chi connectivity index (χ2v) is 5.94. The molecule has 3 nitrogen and oxygen atoms in total. The van der Waals surface area contributed by atoms with Gasteiger partial charge in [-0.2, -0.15) is 0 Å². The average Bonchev–Trinajstić information content (AvgIpc) is 2.58. The van der Waals surface area contributed by atoms with Crippen molar-refractivity contribution in [1.82, 2.24) is 5.32 Å². The Bertz CT molecular complexity index is 616. The molecule has 0 unspecified atom stereocenters. The van der Waals surface area contributed by atoms with E-state index in [9.17, 15) is 4.39 Å². The summed E-state index contributed by atoms with van der Waals surface area (Å²) >= 11 is 0. The number of benzene rings is 2. The van der Waals surface area contributed by atoms with Gasteiger partial charge in [-0.05, 0) is 38.9 Å². The van der Waals surface area contributed by atoms with E-state index < -0.39 is 0 Å². The number of hydrogen-bond donors (Lipinski definition) is 1. The molecule has 0 bridgehead atoms. The van der Waals surface area contributed by atoms with E-state index >= 15 is 0 Å². The Morgan fingerprint density at radius 2 is 1.71 bits per heavy atom. The first-order valence-corrected chi connectivity index (χ1v) is 8.43. The molecule has 0 aliphatic carbocycles. The van der Waals surface area contributed by atoms with E-state index in [0.29, 0.717) is 5.56 Å². The molecule has 0 spiro atoms. The summed E-state index contributed by atoms with van der Waals surface area (Å²) in [6.07, 6.45) is 1.24.